The van der Waals surface area contributed by atoms with Crippen LogP contribution in [-0.2, 0) is 10.7 Å². The monoisotopic (exact) mass is 576 g/mol. The average Bonchev–Trinajstić information content (AvgIpc) is 3.27. The summed E-state index contributed by atoms with van der Waals surface area (Å²) in [6.07, 6.45) is -0.550. The molecule has 4 aromatic rings. The van der Waals surface area contributed by atoms with Crippen LogP contribution in [0.2, 0.25) is 0 Å². The van der Waals surface area contributed by atoms with Crippen LogP contribution in [0.5, 0.6) is 5.75 Å². The number of ketones is 1. The first-order chi connectivity index (χ1) is 19.5. The highest BCUT2D eigenvalue weighted by Gasteiger charge is 2.45. The van der Waals surface area contributed by atoms with Crippen molar-refractivity contribution in [1.82, 2.24) is 0 Å². The summed E-state index contributed by atoms with van der Waals surface area (Å²) in [5.41, 5.74) is 4.80. The zero-order valence-electron chi connectivity index (χ0n) is 22.7. The standard InChI is InChI=1S/C34H31F3O3S/c1-20-16-27(38)14-15-28(20)32-29(18-30(39)33(32)41-19-31(40)23-10-12-26(35)13-11-23)22-8-6-21(7-9-22)24-4-3-5-25(17-24)34(2,36)37/h3-17,29,31-33,38,40H,18-19H2,1-2H3/t29?,31-,32-,33-/m0/s1. The number of carbonyl (C=O) groups excluding carboxylic acids is 1. The van der Waals surface area contributed by atoms with Crippen molar-refractivity contribution in [2.24, 2.45) is 0 Å². The first kappa shape index (κ1) is 29.0. The highest BCUT2D eigenvalue weighted by atomic mass is 32.2. The average molecular weight is 577 g/mol. The van der Waals surface area contributed by atoms with E-state index in [1.54, 1.807) is 36.4 Å². The van der Waals surface area contributed by atoms with Gasteiger partial charge in [-0.2, -0.15) is 0 Å². The first-order valence-corrected chi connectivity index (χ1v) is 14.5. The Labute approximate surface area is 242 Å². The van der Waals surface area contributed by atoms with Crippen molar-refractivity contribution in [2.45, 2.75) is 49.4 Å². The van der Waals surface area contributed by atoms with Crippen molar-refractivity contribution in [3.63, 3.8) is 0 Å². The zero-order chi connectivity index (χ0) is 29.3. The van der Waals surface area contributed by atoms with Gasteiger partial charge in [-0.3, -0.25) is 4.79 Å². The second-order valence-electron chi connectivity index (χ2n) is 10.8. The van der Waals surface area contributed by atoms with Gasteiger partial charge in [-0.05, 0) is 76.6 Å². The lowest BCUT2D eigenvalue weighted by molar-refractivity contribution is -0.117. The van der Waals surface area contributed by atoms with Crippen LogP contribution < -0.4 is 0 Å². The number of hydrogen-bond donors (Lipinski definition) is 2. The van der Waals surface area contributed by atoms with Crippen LogP contribution in [-0.4, -0.2) is 27.0 Å². The minimum atomic E-state index is -2.94. The van der Waals surface area contributed by atoms with Crippen LogP contribution in [0.4, 0.5) is 13.2 Å². The number of benzene rings is 4. The number of Topliss-reactive ketones (excluding diaryl/α,β-unsaturated/α-hetero) is 1. The molecule has 0 amide bonds. The maximum absolute atomic E-state index is 13.9. The van der Waals surface area contributed by atoms with Crippen LogP contribution in [0.1, 0.15) is 59.1 Å². The molecule has 212 valence electrons. The van der Waals surface area contributed by atoms with Gasteiger partial charge < -0.3 is 10.2 Å². The van der Waals surface area contributed by atoms with Crippen LogP contribution in [0, 0.1) is 12.7 Å². The summed E-state index contributed by atoms with van der Waals surface area (Å²) in [6.45, 7) is 2.79. The summed E-state index contributed by atoms with van der Waals surface area (Å²) in [5.74, 6) is -3.19. The molecule has 0 heterocycles. The molecule has 1 saturated carbocycles. The number of phenols is 1. The van der Waals surface area contributed by atoms with E-state index in [9.17, 15) is 28.2 Å². The van der Waals surface area contributed by atoms with E-state index in [-0.39, 0.29) is 40.5 Å². The Morgan fingerprint density at radius 1 is 0.951 bits per heavy atom. The normalized spacial score (nSPS) is 19.9. The maximum Gasteiger partial charge on any atom is 0.270 e. The molecular weight excluding hydrogens is 545 g/mol. The molecule has 0 bridgehead atoms. The summed E-state index contributed by atoms with van der Waals surface area (Å²) < 4.78 is 41.1. The van der Waals surface area contributed by atoms with Gasteiger partial charge in [-0.25, -0.2) is 13.2 Å². The highest BCUT2D eigenvalue weighted by Crippen LogP contribution is 2.50. The molecule has 4 atom stereocenters. The fraction of sp³-hybridized carbons (Fsp3) is 0.265. The molecule has 0 saturated heterocycles. The number of aromatic hydroxyl groups is 1. The number of carbonyl (C=O) groups is 1. The van der Waals surface area contributed by atoms with Crippen LogP contribution in [0.15, 0.2) is 91.0 Å². The first-order valence-electron chi connectivity index (χ1n) is 13.5. The molecule has 5 rings (SSSR count). The number of alkyl halides is 2. The topological polar surface area (TPSA) is 57.5 Å². The zero-order valence-corrected chi connectivity index (χ0v) is 23.5. The summed E-state index contributed by atoms with van der Waals surface area (Å²) >= 11 is 1.39. The van der Waals surface area contributed by atoms with Crippen molar-refractivity contribution in [1.29, 1.82) is 0 Å². The second-order valence-corrected chi connectivity index (χ2v) is 11.9. The fourth-order valence-corrected chi connectivity index (χ4v) is 7.09. The summed E-state index contributed by atoms with van der Waals surface area (Å²) in [7, 11) is 0. The third kappa shape index (κ3) is 6.36. The predicted molar refractivity (Wildman–Crippen MR) is 157 cm³/mol. The third-order valence-corrected chi connectivity index (χ3v) is 9.26. The number of phenolic OH excluding ortho intramolecular Hbond substituents is 1. The molecular formula is C34H31F3O3S. The molecule has 1 fully saturated rings. The Morgan fingerprint density at radius 3 is 2.32 bits per heavy atom. The van der Waals surface area contributed by atoms with E-state index in [0.717, 1.165) is 29.2 Å². The Kier molecular flexibility index (Phi) is 8.30. The van der Waals surface area contributed by atoms with E-state index >= 15 is 0 Å². The largest absolute Gasteiger partial charge is 0.508 e. The second kappa shape index (κ2) is 11.7. The van der Waals surface area contributed by atoms with E-state index in [0.29, 0.717) is 17.5 Å². The minimum Gasteiger partial charge on any atom is -0.508 e. The Bertz CT molecular complexity index is 1530. The van der Waals surface area contributed by atoms with Gasteiger partial charge in [0.15, 0.2) is 0 Å². The molecule has 1 aliphatic rings. The molecule has 0 spiro atoms. The maximum atomic E-state index is 13.9. The predicted octanol–water partition coefficient (Wildman–Crippen LogP) is 8.29. The number of aliphatic hydroxyl groups excluding tert-OH is 1. The summed E-state index contributed by atoms with van der Waals surface area (Å²) in [6, 6.07) is 24.9. The molecule has 0 aliphatic heterocycles. The third-order valence-electron chi connectivity index (χ3n) is 7.84. The van der Waals surface area contributed by atoms with Gasteiger partial charge in [0, 0.05) is 30.6 Å². The van der Waals surface area contributed by atoms with E-state index in [2.05, 4.69) is 0 Å². The molecule has 4 aromatic carbocycles. The van der Waals surface area contributed by atoms with Gasteiger partial charge in [0.2, 0.25) is 0 Å². The molecule has 1 aliphatic carbocycles. The Balaban J connectivity index is 1.44. The molecule has 0 radical (unpaired) electrons. The molecule has 7 heteroatoms. The van der Waals surface area contributed by atoms with Crippen molar-refractivity contribution >= 4 is 17.5 Å². The number of rotatable bonds is 8. The number of halogens is 3. The van der Waals surface area contributed by atoms with Crippen molar-refractivity contribution in [3.05, 3.63) is 125 Å². The van der Waals surface area contributed by atoms with Gasteiger partial charge >= 0.3 is 0 Å². The molecule has 1 unspecified atom stereocenters. The van der Waals surface area contributed by atoms with Gasteiger partial charge in [0.05, 0.1) is 11.4 Å². The number of aliphatic hydroxyl groups is 1. The van der Waals surface area contributed by atoms with Crippen molar-refractivity contribution < 1.29 is 28.2 Å². The minimum absolute atomic E-state index is 0.0500. The smallest absolute Gasteiger partial charge is 0.270 e. The summed E-state index contributed by atoms with van der Waals surface area (Å²) in [5, 5.41) is 20.4. The molecule has 0 aromatic heterocycles. The SMILES string of the molecule is Cc1cc(O)ccc1[C@H]1C(c2ccc(-c3cccc(C(C)(F)F)c3)cc2)CC(=O)[C@@H]1SC[C@H](O)c1ccc(F)cc1. The van der Waals surface area contributed by atoms with E-state index in [1.807, 2.05) is 37.3 Å². The summed E-state index contributed by atoms with van der Waals surface area (Å²) in [4.78, 5) is 13.5. The lowest BCUT2D eigenvalue weighted by Crippen LogP contribution is -2.20. The van der Waals surface area contributed by atoms with Gasteiger partial charge in [0.25, 0.3) is 5.92 Å². The van der Waals surface area contributed by atoms with Crippen LogP contribution in [0.25, 0.3) is 11.1 Å². The van der Waals surface area contributed by atoms with E-state index < -0.39 is 17.3 Å². The lowest BCUT2D eigenvalue weighted by atomic mass is 9.81. The van der Waals surface area contributed by atoms with Crippen LogP contribution >= 0.6 is 11.8 Å². The molecule has 3 nitrogen and oxygen atoms in total. The Morgan fingerprint density at radius 2 is 1.66 bits per heavy atom. The Hall–Kier alpha value is -3.55. The quantitative estimate of drug-likeness (QED) is 0.222. The lowest BCUT2D eigenvalue weighted by Gasteiger charge is -2.27. The molecule has 2 N–H and O–H groups in total. The van der Waals surface area contributed by atoms with Crippen molar-refractivity contribution in [3.8, 4) is 16.9 Å². The fourth-order valence-electron chi connectivity index (χ4n) is 5.68. The van der Waals surface area contributed by atoms with Crippen LogP contribution in [0.3, 0.4) is 0 Å². The van der Waals surface area contributed by atoms with E-state index in [1.165, 1.54) is 36.0 Å². The number of thioether (sulfide) groups is 1. The number of aryl methyl sites for hydroxylation is 1. The van der Waals surface area contributed by atoms with E-state index in [4.69, 9.17) is 0 Å². The van der Waals surface area contributed by atoms with Gasteiger partial charge in [-0.1, -0.05) is 60.7 Å². The highest BCUT2D eigenvalue weighted by molar-refractivity contribution is 8.00. The van der Waals surface area contributed by atoms with Gasteiger partial charge in [0.1, 0.15) is 17.3 Å². The molecule has 41 heavy (non-hydrogen) atoms. The van der Waals surface area contributed by atoms with Crippen molar-refractivity contribution in [2.75, 3.05) is 5.75 Å². The number of hydrogen-bond acceptors (Lipinski definition) is 4. The van der Waals surface area contributed by atoms with Gasteiger partial charge in [-0.15, -0.1) is 11.8 Å².